The highest BCUT2D eigenvalue weighted by Crippen LogP contribution is 2.46. The van der Waals surface area contributed by atoms with E-state index in [9.17, 15) is 9.90 Å². The van der Waals surface area contributed by atoms with E-state index < -0.39 is 6.10 Å². The second-order valence-corrected chi connectivity index (χ2v) is 8.23. The summed E-state index contributed by atoms with van der Waals surface area (Å²) < 4.78 is 0. The van der Waals surface area contributed by atoms with Crippen LogP contribution in [0.4, 0.5) is 5.69 Å². The number of benzene rings is 2. The van der Waals surface area contributed by atoms with Crippen molar-refractivity contribution in [3.63, 3.8) is 0 Å². The summed E-state index contributed by atoms with van der Waals surface area (Å²) in [4.78, 5) is 13.5. The van der Waals surface area contributed by atoms with Crippen molar-refractivity contribution in [2.75, 3.05) is 5.32 Å². The lowest BCUT2D eigenvalue weighted by Gasteiger charge is -2.41. The van der Waals surface area contributed by atoms with E-state index in [4.69, 9.17) is 0 Å². The summed E-state index contributed by atoms with van der Waals surface area (Å²) in [6.45, 7) is 0. The van der Waals surface area contributed by atoms with Crippen molar-refractivity contribution in [3.05, 3.63) is 94.1 Å². The summed E-state index contributed by atoms with van der Waals surface area (Å²) in [5, 5.41) is 14.2. The molecule has 2 aromatic rings. The molecular weight excluding hydrogens is 358 g/mol. The summed E-state index contributed by atoms with van der Waals surface area (Å²) in [6, 6.07) is 16.2. The highest BCUT2D eigenvalue weighted by molar-refractivity contribution is 6.26. The van der Waals surface area contributed by atoms with Crippen LogP contribution in [0.25, 0.3) is 17.7 Å². The summed E-state index contributed by atoms with van der Waals surface area (Å²) in [6.07, 6.45) is 9.34. The molecule has 0 aromatic heterocycles. The second-order valence-electron chi connectivity index (χ2n) is 8.23. The van der Waals surface area contributed by atoms with Crippen LogP contribution >= 0.6 is 0 Å². The Balaban J connectivity index is 1.43. The number of allylic oxidation sites excluding steroid dienone is 5. The molecule has 1 aliphatic heterocycles. The van der Waals surface area contributed by atoms with Gasteiger partial charge in [-0.25, -0.2) is 0 Å². The van der Waals surface area contributed by atoms with E-state index in [1.165, 1.54) is 0 Å². The number of carbonyl (C=O) groups is 1. The van der Waals surface area contributed by atoms with Gasteiger partial charge in [0.1, 0.15) is 0 Å². The van der Waals surface area contributed by atoms with Gasteiger partial charge in [0.25, 0.3) is 0 Å². The van der Waals surface area contributed by atoms with Gasteiger partial charge in [-0.1, -0.05) is 60.7 Å². The van der Waals surface area contributed by atoms with Crippen LogP contribution in [0.1, 0.15) is 29.5 Å². The number of aliphatic hydroxyl groups is 1. The van der Waals surface area contributed by atoms with Gasteiger partial charge in [0.2, 0.25) is 0 Å². The molecule has 1 saturated carbocycles. The summed E-state index contributed by atoms with van der Waals surface area (Å²) in [5.74, 6) is 0.151. The summed E-state index contributed by atoms with van der Waals surface area (Å²) in [5.41, 5.74) is 8.20. The highest BCUT2D eigenvalue weighted by Gasteiger charge is 2.41. The lowest BCUT2D eigenvalue weighted by atomic mass is 9.70. The van der Waals surface area contributed by atoms with Crippen molar-refractivity contribution in [1.82, 2.24) is 0 Å². The molecule has 4 aliphatic rings. The molecule has 0 bridgehead atoms. The van der Waals surface area contributed by atoms with Gasteiger partial charge in [0.15, 0.2) is 5.78 Å². The lowest BCUT2D eigenvalue weighted by Crippen LogP contribution is -2.44. The molecule has 1 fully saturated rings. The molecule has 3 nitrogen and oxygen atoms in total. The third kappa shape index (κ3) is 2.44. The number of Topliss-reactive ketones (excluding diaryl/α,β-unsaturated/α-hetero) is 1. The normalized spacial score (nSPS) is 26.7. The Morgan fingerprint density at radius 1 is 0.862 bits per heavy atom. The van der Waals surface area contributed by atoms with Crippen LogP contribution in [-0.4, -0.2) is 23.0 Å². The molecular formula is C26H21NO2. The third-order valence-corrected chi connectivity index (χ3v) is 6.64. The number of fused-ring (bicyclic) bond motifs is 5. The van der Waals surface area contributed by atoms with Crippen molar-refractivity contribution < 1.29 is 9.90 Å². The fourth-order valence-corrected chi connectivity index (χ4v) is 5.21. The number of rotatable bonds is 1. The fraction of sp³-hybridized carbons (Fsp3) is 0.192. The number of hydrogen-bond acceptors (Lipinski definition) is 3. The van der Waals surface area contributed by atoms with Crippen LogP contribution in [0, 0.1) is 5.92 Å². The first-order valence-corrected chi connectivity index (χ1v) is 10.2. The average molecular weight is 379 g/mol. The first-order valence-electron chi connectivity index (χ1n) is 10.2. The van der Waals surface area contributed by atoms with Gasteiger partial charge in [-0.3, -0.25) is 4.79 Å². The number of nitrogens with one attached hydrogen (secondary N) is 1. The van der Waals surface area contributed by atoms with Crippen LogP contribution in [0.5, 0.6) is 0 Å². The Labute approximate surface area is 169 Å². The number of hydrogen-bond donors (Lipinski definition) is 2. The molecule has 3 atom stereocenters. The van der Waals surface area contributed by atoms with Gasteiger partial charge in [0, 0.05) is 22.8 Å². The highest BCUT2D eigenvalue weighted by atomic mass is 16.3. The van der Waals surface area contributed by atoms with Crippen LogP contribution in [-0.2, 0) is 4.79 Å². The number of anilines is 1. The van der Waals surface area contributed by atoms with Gasteiger partial charge >= 0.3 is 0 Å². The van der Waals surface area contributed by atoms with Crippen LogP contribution in [0.3, 0.4) is 0 Å². The van der Waals surface area contributed by atoms with Gasteiger partial charge in [-0.05, 0) is 52.8 Å². The number of carbonyl (C=O) groups excluding carboxylic acids is 1. The van der Waals surface area contributed by atoms with E-state index in [1.807, 2.05) is 42.5 Å². The lowest BCUT2D eigenvalue weighted by molar-refractivity contribution is -0.112. The van der Waals surface area contributed by atoms with Crippen LogP contribution in [0.2, 0.25) is 0 Å². The zero-order valence-corrected chi connectivity index (χ0v) is 15.9. The Morgan fingerprint density at radius 3 is 2.55 bits per heavy atom. The second kappa shape index (κ2) is 6.16. The average Bonchev–Trinajstić information content (AvgIpc) is 3.14. The smallest absolute Gasteiger partial charge is 0.190 e. The predicted molar refractivity (Wildman–Crippen MR) is 116 cm³/mol. The molecule has 0 saturated heterocycles. The number of ketones is 1. The standard InChI is InChI=1S/C26H21NO2/c28-24-12-11-19(21-14-16-6-2-4-8-23(16)27-25(21)24)20-10-9-18-17-7-3-1-5-15(17)13-22(18)26(20)29/h1-10,13-14,19,24-25,27-28H,11-12H2. The van der Waals surface area contributed by atoms with E-state index in [0.29, 0.717) is 6.42 Å². The van der Waals surface area contributed by atoms with E-state index in [0.717, 1.165) is 51.1 Å². The largest absolute Gasteiger partial charge is 0.391 e. The molecule has 6 rings (SSSR count). The number of para-hydroxylation sites is 1. The molecule has 1 heterocycles. The maximum Gasteiger partial charge on any atom is 0.190 e. The van der Waals surface area contributed by atoms with Gasteiger partial charge in [-0.2, -0.15) is 0 Å². The van der Waals surface area contributed by atoms with Crippen LogP contribution in [0.15, 0.2) is 77.4 Å². The summed E-state index contributed by atoms with van der Waals surface area (Å²) >= 11 is 0. The van der Waals surface area contributed by atoms with E-state index in [-0.39, 0.29) is 17.7 Å². The molecule has 29 heavy (non-hydrogen) atoms. The Morgan fingerprint density at radius 2 is 1.66 bits per heavy atom. The Hall–Kier alpha value is -3.17. The SMILES string of the molecule is O=C1C2=Cc3ccccc3C2=CC=C1C1CCC(O)C2Nc3ccccc3C=C12. The molecule has 0 radical (unpaired) electrons. The molecule has 0 spiro atoms. The fourth-order valence-electron chi connectivity index (χ4n) is 5.21. The Kier molecular flexibility index (Phi) is 3.56. The Bertz CT molecular complexity index is 1180. The van der Waals surface area contributed by atoms with Crippen molar-refractivity contribution in [3.8, 4) is 0 Å². The topological polar surface area (TPSA) is 49.3 Å². The van der Waals surface area contributed by atoms with Crippen molar-refractivity contribution >= 4 is 29.2 Å². The summed E-state index contributed by atoms with van der Waals surface area (Å²) in [7, 11) is 0. The van der Waals surface area contributed by atoms with Crippen molar-refractivity contribution in [2.45, 2.75) is 25.0 Å². The van der Waals surface area contributed by atoms with Gasteiger partial charge in [0.05, 0.1) is 12.1 Å². The predicted octanol–water partition coefficient (Wildman–Crippen LogP) is 4.62. The maximum atomic E-state index is 13.5. The van der Waals surface area contributed by atoms with Gasteiger partial charge in [-0.15, -0.1) is 0 Å². The van der Waals surface area contributed by atoms with E-state index in [1.54, 1.807) is 0 Å². The van der Waals surface area contributed by atoms with Crippen molar-refractivity contribution in [2.24, 2.45) is 5.92 Å². The molecule has 142 valence electrons. The minimum Gasteiger partial charge on any atom is -0.391 e. The molecule has 3 aliphatic carbocycles. The molecule has 2 aromatic carbocycles. The zero-order valence-electron chi connectivity index (χ0n) is 15.9. The maximum absolute atomic E-state index is 13.5. The van der Waals surface area contributed by atoms with E-state index in [2.05, 4.69) is 35.7 Å². The minimum absolute atomic E-state index is 0.0270. The van der Waals surface area contributed by atoms with Crippen LogP contribution < -0.4 is 5.32 Å². The molecule has 0 amide bonds. The molecule has 2 N–H and O–H groups in total. The number of aliphatic hydroxyl groups excluding tert-OH is 1. The van der Waals surface area contributed by atoms with Gasteiger partial charge < -0.3 is 10.4 Å². The third-order valence-electron chi connectivity index (χ3n) is 6.64. The first kappa shape index (κ1) is 16.8. The van der Waals surface area contributed by atoms with Crippen molar-refractivity contribution in [1.29, 1.82) is 0 Å². The first-order chi connectivity index (χ1) is 14.2. The minimum atomic E-state index is -0.439. The molecule has 3 unspecified atom stereocenters. The molecule has 3 heteroatoms. The quantitative estimate of drug-likeness (QED) is 0.760. The monoisotopic (exact) mass is 379 g/mol. The van der Waals surface area contributed by atoms with E-state index >= 15 is 0 Å². The zero-order chi connectivity index (χ0) is 19.5.